The Morgan fingerprint density at radius 2 is 2.06 bits per heavy atom. The van der Waals surface area contributed by atoms with Gasteiger partial charge in [-0.25, -0.2) is 4.39 Å². The smallest absolute Gasteiger partial charge is 0.131 e. The molecular weight excluding hydrogens is 221 g/mol. The summed E-state index contributed by atoms with van der Waals surface area (Å²) < 4.78 is 13.6. The average molecular weight is 235 g/mol. The van der Waals surface area contributed by atoms with Gasteiger partial charge in [0.05, 0.1) is 0 Å². The van der Waals surface area contributed by atoms with Crippen molar-refractivity contribution in [3.8, 4) is 10.4 Å². The Morgan fingerprint density at radius 3 is 2.75 bits per heavy atom. The lowest BCUT2D eigenvalue weighted by atomic mass is 10.1. The number of nitrogens with one attached hydrogen (secondary N) is 1. The summed E-state index contributed by atoms with van der Waals surface area (Å²) >= 11 is 1.60. The Bertz CT molecular complexity index is 490. The van der Waals surface area contributed by atoms with E-state index in [1.54, 1.807) is 17.4 Å². The Hall–Kier alpha value is -1.19. The van der Waals surface area contributed by atoms with Gasteiger partial charge < -0.3 is 5.32 Å². The maximum atomic E-state index is 13.6. The summed E-state index contributed by atoms with van der Waals surface area (Å²) in [6.07, 6.45) is 0. The van der Waals surface area contributed by atoms with E-state index in [0.29, 0.717) is 5.56 Å². The first-order valence-corrected chi connectivity index (χ1v) is 6.08. The Kier molecular flexibility index (Phi) is 3.36. The van der Waals surface area contributed by atoms with Crippen molar-refractivity contribution in [2.45, 2.75) is 13.5 Å². The molecule has 1 nitrogen and oxygen atoms in total. The van der Waals surface area contributed by atoms with Gasteiger partial charge in [0.2, 0.25) is 0 Å². The second-order valence-electron chi connectivity index (χ2n) is 3.73. The van der Waals surface area contributed by atoms with E-state index in [1.807, 2.05) is 26.1 Å². The largest absolute Gasteiger partial charge is 0.316 e. The third-order valence-corrected chi connectivity index (χ3v) is 3.79. The minimum Gasteiger partial charge on any atom is -0.316 e. The maximum Gasteiger partial charge on any atom is 0.131 e. The van der Waals surface area contributed by atoms with Crippen LogP contribution in [0.15, 0.2) is 29.6 Å². The molecule has 0 atom stereocenters. The number of rotatable bonds is 3. The van der Waals surface area contributed by atoms with Gasteiger partial charge in [-0.1, -0.05) is 18.2 Å². The lowest BCUT2D eigenvalue weighted by Gasteiger charge is -2.03. The summed E-state index contributed by atoms with van der Waals surface area (Å²) in [5.41, 5.74) is 3.11. The van der Waals surface area contributed by atoms with E-state index in [-0.39, 0.29) is 5.82 Å². The van der Waals surface area contributed by atoms with Crippen molar-refractivity contribution in [2.75, 3.05) is 7.05 Å². The number of thiophene rings is 1. The van der Waals surface area contributed by atoms with Crippen LogP contribution in [0.2, 0.25) is 0 Å². The van der Waals surface area contributed by atoms with Crippen LogP contribution in [-0.2, 0) is 6.54 Å². The van der Waals surface area contributed by atoms with Crippen LogP contribution in [-0.4, -0.2) is 7.05 Å². The average Bonchev–Trinajstić information content (AvgIpc) is 2.62. The Balaban J connectivity index is 2.45. The first-order valence-electron chi connectivity index (χ1n) is 5.20. The highest BCUT2D eigenvalue weighted by atomic mass is 32.1. The lowest BCUT2D eigenvalue weighted by molar-refractivity contribution is 0.631. The van der Waals surface area contributed by atoms with E-state index in [1.165, 1.54) is 17.2 Å². The topological polar surface area (TPSA) is 12.0 Å². The van der Waals surface area contributed by atoms with Crippen molar-refractivity contribution in [1.29, 1.82) is 0 Å². The minimum atomic E-state index is -0.150. The molecule has 0 aliphatic rings. The van der Waals surface area contributed by atoms with Crippen LogP contribution in [0.5, 0.6) is 0 Å². The predicted molar refractivity (Wildman–Crippen MR) is 67.2 cm³/mol. The molecule has 1 N–H and O–H groups in total. The highest BCUT2D eigenvalue weighted by molar-refractivity contribution is 7.14. The van der Waals surface area contributed by atoms with Gasteiger partial charge in [-0.2, -0.15) is 0 Å². The first kappa shape index (κ1) is 11.3. The van der Waals surface area contributed by atoms with Gasteiger partial charge in [0.15, 0.2) is 0 Å². The molecule has 0 saturated carbocycles. The van der Waals surface area contributed by atoms with Gasteiger partial charge in [-0.3, -0.25) is 0 Å². The highest BCUT2D eigenvalue weighted by Gasteiger charge is 2.11. The molecule has 3 heteroatoms. The van der Waals surface area contributed by atoms with Crippen molar-refractivity contribution < 1.29 is 4.39 Å². The summed E-state index contributed by atoms with van der Waals surface area (Å²) in [6.45, 7) is 2.88. The van der Waals surface area contributed by atoms with Crippen molar-refractivity contribution in [1.82, 2.24) is 5.32 Å². The van der Waals surface area contributed by atoms with E-state index >= 15 is 0 Å². The highest BCUT2D eigenvalue weighted by Crippen LogP contribution is 2.33. The third-order valence-electron chi connectivity index (χ3n) is 2.63. The molecule has 1 aromatic heterocycles. The molecule has 2 rings (SSSR count). The van der Waals surface area contributed by atoms with Crippen LogP contribution in [0.25, 0.3) is 10.4 Å². The zero-order valence-corrected chi connectivity index (χ0v) is 10.2. The number of halogens is 1. The van der Waals surface area contributed by atoms with E-state index in [0.717, 1.165) is 11.4 Å². The summed E-state index contributed by atoms with van der Waals surface area (Å²) in [4.78, 5) is 1.03. The van der Waals surface area contributed by atoms with Gasteiger partial charge in [0.1, 0.15) is 5.82 Å². The molecule has 0 spiro atoms. The summed E-state index contributed by atoms with van der Waals surface area (Å²) in [5, 5.41) is 5.21. The lowest BCUT2D eigenvalue weighted by Crippen LogP contribution is -2.04. The van der Waals surface area contributed by atoms with Crippen LogP contribution in [0, 0.1) is 12.7 Å². The van der Waals surface area contributed by atoms with Gasteiger partial charge in [-0.15, -0.1) is 11.3 Å². The third kappa shape index (κ3) is 2.01. The molecule has 0 bridgehead atoms. The molecular formula is C13H14FNS. The summed E-state index contributed by atoms with van der Waals surface area (Å²) in [6, 6.07) is 6.93. The van der Waals surface area contributed by atoms with Gasteiger partial charge in [0, 0.05) is 17.0 Å². The number of hydrogen-bond acceptors (Lipinski definition) is 2. The minimum absolute atomic E-state index is 0.150. The van der Waals surface area contributed by atoms with Crippen LogP contribution in [0.3, 0.4) is 0 Å². The number of hydrogen-bond donors (Lipinski definition) is 1. The van der Waals surface area contributed by atoms with Crippen molar-refractivity contribution in [3.63, 3.8) is 0 Å². The van der Waals surface area contributed by atoms with Crippen LogP contribution < -0.4 is 5.32 Å². The van der Waals surface area contributed by atoms with Gasteiger partial charge in [0.25, 0.3) is 0 Å². The molecule has 0 radical (unpaired) electrons. The zero-order chi connectivity index (χ0) is 11.5. The summed E-state index contributed by atoms with van der Waals surface area (Å²) in [5.74, 6) is -0.150. The quantitative estimate of drug-likeness (QED) is 0.857. The molecule has 0 aliphatic carbocycles. The first-order chi connectivity index (χ1) is 7.74. The molecule has 1 heterocycles. The molecule has 0 unspecified atom stereocenters. The molecule has 16 heavy (non-hydrogen) atoms. The van der Waals surface area contributed by atoms with E-state index in [4.69, 9.17) is 0 Å². The molecule has 0 saturated heterocycles. The molecule has 1 aromatic carbocycles. The van der Waals surface area contributed by atoms with Crippen LogP contribution in [0.1, 0.15) is 11.1 Å². The van der Waals surface area contributed by atoms with Crippen LogP contribution >= 0.6 is 11.3 Å². The fourth-order valence-electron chi connectivity index (χ4n) is 1.73. The predicted octanol–water partition coefficient (Wildman–Crippen LogP) is 3.58. The number of benzene rings is 1. The second kappa shape index (κ2) is 4.76. The molecule has 0 amide bonds. The zero-order valence-electron chi connectivity index (χ0n) is 9.38. The summed E-state index contributed by atoms with van der Waals surface area (Å²) in [7, 11) is 1.92. The SMILES string of the molecule is CNCc1csc(-c2ccccc2F)c1C. The van der Waals surface area contributed by atoms with E-state index in [9.17, 15) is 4.39 Å². The Labute approximate surface area is 98.9 Å². The van der Waals surface area contributed by atoms with Crippen molar-refractivity contribution >= 4 is 11.3 Å². The molecule has 0 aliphatic heterocycles. The standard InChI is InChI=1S/C13H14FNS/c1-9-10(7-15-2)8-16-13(9)11-5-3-4-6-12(11)14/h3-6,8,15H,7H2,1-2H3. The maximum absolute atomic E-state index is 13.6. The van der Waals surface area contributed by atoms with Crippen molar-refractivity contribution in [3.05, 3.63) is 46.6 Å². The molecule has 2 aromatic rings. The fourth-order valence-corrected chi connectivity index (χ4v) is 2.85. The normalized spacial score (nSPS) is 10.7. The van der Waals surface area contributed by atoms with Crippen LogP contribution in [0.4, 0.5) is 4.39 Å². The monoisotopic (exact) mass is 235 g/mol. The molecule has 84 valence electrons. The Morgan fingerprint density at radius 1 is 1.31 bits per heavy atom. The van der Waals surface area contributed by atoms with Gasteiger partial charge in [-0.05, 0) is 36.5 Å². The van der Waals surface area contributed by atoms with Gasteiger partial charge >= 0.3 is 0 Å². The second-order valence-corrected chi connectivity index (χ2v) is 4.60. The van der Waals surface area contributed by atoms with Crippen molar-refractivity contribution in [2.24, 2.45) is 0 Å². The fraction of sp³-hybridized carbons (Fsp3) is 0.231. The molecule has 0 fully saturated rings. The van der Waals surface area contributed by atoms with E-state index < -0.39 is 0 Å². The van der Waals surface area contributed by atoms with E-state index in [2.05, 4.69) is 10.7 Å².